The third kappa shape index (κ3) is 2.76. The summed E-state index contributed by atoms with van der Waals surface area (Å²) in [7, 11) is 0. The van der Waals surface area contributed by atoms with Crippen LogP contribution in [-0.4, -0.2) is 14.5 Å². The molecule has 2 aromatic heterocycles. The van der Waals surface area contributed by atoms with E-state index >= 15 is 0 Å². The smallest absolute Gasteiger partial charge is 0.283 e. The number of imidazole rings is 1. The van der Waals surface area contributed by atoms with E-state index in [1.54, 1.807) is 47.0 Å². The number of rotatable bonds is 2. The van der Waals surface area contributed by atoms with E-state index in [0.717, 1.165) is 6.07 Å². The maximum atomic E-state index is 13.5. The molecule has 0 radical (unpaired) electrons. The molecule has 124 valence electrons. The van der Waals surface area contributed by atoms with Crippen molar-refractivity contribution in [2.75, 3.05) is 0 Å². The van der Waals surface area contributed by atoms with Crippen LogP contribution in [0.5, 0.6) is 0 Å². The van der Waals surface area contributed by atoms with Gasteiger partial charge in [0.25, 0.3) is 0 Å². The monoisotopic (exact) mass is 339 g/mol. The lowest BCUT2D eigenvalue weighted by atomic mass is 10.1. The first-order chi connectivity index (χ1) is 12.0. The maximum Gasteiger partial charge on any atom is 0.418 e. The van der Waals surface area contributed by atoms with E-state index in [9.17, 15) is 13.2 Å². The predicted molar refractivity (Wildman–Crippen MR) is 89.3 cm³/mol. The Morgan fingerprint density at radius 2 is 1.48 bits per heavy atom. The SMILES string of the molecule is FC(F)(F)c1cc(-c2ccccc2)nc2c1ncn2-c1ccccc1. The van der Waals surface area contributed by atoms with Gasteiger partial charge in [-0.15, -0.1) is 0 Å². The molecule has 0 atom stereocenters. The molecule has 4 aromatic rings. The second-order valence-corrected chi connectivity index (χ2v) is 5.54. The number of benzene rings is 2. The van der Waals surface area contributed by atoms with Crippen molar-refractivity contribution in [2.24, 2.45) is 0 Å². The second kappa shape index (κ2) is 5.73. The first-order valence-electron chi connectivity index (χ1n) is 7.60. The minimum Gasteiger partial charge on any atom is -0.283 e. The van der Waals surface area contributed by atoms with Gasteiger partial charge in [0.05, 0.1) is 11.3 Å². The molecule has 0 amide bonds. The molecule has 2 heterocycles. The van der Waals surface area contributed by atoms with Crippen LogP contribution < -0.4 is 0 Å². The molecule has 0 bridgehead atoms. The zero-order valence-corrected chi connectivity index (χ0v) is 12.9. The molecule has 3 nitrogen and oxygen atoms in total. The Labute approximate surface area is 141 Å². The van der Waals surface area contributed by atoms with Crippen molar-refractivity contribution in [3.63, 3.8) is 0 Å². The number of para-hydroxylation sites is 1. The normalized spacial score (nSPS) is 11.8. The Morgan fingerprint density at radius 3 is 2.12 bits per heavy atom. The molecule has 0 aliphatic rings. The van der Waals surface area contributed by atoms with Crippen molar-refractivity contribution in [3.8, 4) is 16.9 Å². The van der Waals surface area contributed by atoms with Gasteiger partial charge in [0.15, 0.2) is 5.65 Å². The quantitative estimate of drug-likeness (QED) is 0.508. The van der Waals surface area contributed by atoms with Crippen LogP contribution >= 0.6 is 0 Å². The topological polar surface area (TPSA) is 30.7 Å². The summed E-state index contributed by atoms with van der Waals surface area (Å²) in [6.45, 7) is 0. The Kier molecular flexibility index (Phi) is 3.53. The first-order valence-corrected chi connectivity index (χ1v) is 7.60. The van der Waals surface area contributed by atoms with Gasteiger partial charge in [0.1, 0.15) is 11.8 Å². The van der Waals surface area contributed by atoms with E-state index in [1.165, 1.54) is 6.33 Å². The van der Waals surface area contributed by atoms with Crippen LogP contribution in [0.25, 0.3) is 28.1 Å². The molecule has 2 aromatic carbocycles. The molecule has 0 aliphatic carbocycles. The van der Waals surface area contributed by atoms with Crippen LogP contribution in [0.4, 0.5) is 13.2 Å². The van der Waals surface area contributed by atoms with Crippen molar-refractivity contribution in [3.05, 3.63) is 78.6 Å². The molecule has 0 N–H and O–H groups in total. The lowest BCUT2D eigenvalue weighted by Gasteiger charge is -2.11. The van der Waals surface area contributed by atoms with E-state index in [0.29, 0.717) is 11.3 Å². The highest BCUT2D eigenvalue weighted by atomic mass is 19.4. The number of hydrogen-bond acceptors (Lipinski definition) is 2. The highest BCUT2D eigenvalue weighted by molar-refractivity contribution is 5.81. The molecule has 0 aliphatic heterocycles. The molecule has 6 heteroatoms. The Morgan fingerprint density at radius 1 is 0.840 bits per heavy atom. The van der Waals surface area contributed by atoms with Crippen LogP contribution in [0, 0.1) is 0 Å². The van der Waals surface area contributed by atoms with E-state index in [2.05, 4.69) is 9.97 Å². The van der Waals surface area contributed by atoms with Crippen LogP contribution in [0.3, 0.4) is 0 Å². The molecule has 25 heavy (non-hydrogen) atoms. The summed E-state index contributed by atoms with van der Waals surface area (Å²) < 4.78 is 42.2. The van der Waals surface area contributed by atoms with Crippen LogP contribution in [0.15, 0.2) is 73.1 Å². The van der Waals surface area contributed by atoms with Crippen LogP contribution in [-0.2, 0) is 6.18 Å². The number of fused-ring (bicyclic) bond motifs is 1. The third-order valence-electron chi connectivity index (χ3n) is 3.91. The largest absolute Gasteiger partial charge is 0.418 e. The maximum absolute atomic E-state index is 13.5. The van der Waals surface area contributed by atoms with Gasteiger partial charge >= 0.3 is 6.18 Å². The minimum atomic E-state index is -4.51. The summed E-state index contributed by atoms with van der Waals surface area (Å²) in [5.41, 5.74) is 0.826. The lowest BCUT2D eigenvalue weighted by molar-refractivity contribution is -0.136. The van der Waals surface area contributed by atoms with Gasteiger partial charge in [0, 0.05) is 11.3 Å². The summed E-state index contributed by atoms with van der Waals surface area (Å²) in [6, 6.07) is 18.9. The van der Waals surface area contributed by atoms with E-state index in [1.807, 2.05) is 18.2 Å². The standard InChI is InChI=1S/C19H12F3N3/c20-19(21,22)15-11-16(13-7-3-1-4-8-13)24-18-17(15)23-12-25(18)14-9-5-2-6-10-14/h1-12H. The summed E-state index contributed by atoms with van der Waals surface area (Å²) in [4.78, 5) is 8.43. The number of halogens is 3. The van der Waals surface area contributed by atoms with Crippen LogP contribution in [0.2, 0.25) is 0 Å². The number of aromatic nitrogens is 3. The molecular weight excluding hydrogens is 327 g/mol. The lowest BCUT2D eigenvalue weighted by Crippen LogP contribution is -2.08. The predicted octanol–water partition coefficient (Wildman–Crippen LogP) is 5.11. The molecule has 0 saturated carbocycles. The van der Waals surface area contributed by atoms with Crippen molar-refractivity contribution < 1.29 is 13.2 Å². The van der Waals surface area contributed by atoms with Crippen molar-refractivity contribution >= 4 is 11.2 Å². The molecule has 0 unspecified atom stereocenters. The van der Waals surface area contributed by atoms with Gasteiger partial charge in [-0.25, -0.2) is 9.97 Å². The van der Waals surface area contributed by atoms with Crippen molar-refractivity contribution in [2.45, 2.75) is 6.18 Å². The Hall–Kier alpha value is -3.15. The molecule has 4 rings (SSSR count). The highest BCUT2D eigenvalue weighted by Crippen LogP contribution is 2.36. The highest BCUT2D eigenvalue weighted by Gasteiger charge is 2.35. The van der Waals surface area contributed by atoms with Gasteiger partial charge in [-0.3, -0.25) is 4.57 Å². The molecular formula is C19H12F3N3. The van der Waals surface area contributed by atoms with Crippen molar-refractivity contribution in [1.82, 2.24) is 14.5 Å². The van der Waals surface area contributed by atoms with E-state index < -0.39 is 11.7 Å². The fourth-order valence-corrected chi connectivity index (χ4v) is 2.74. The Balaban J connectivity index is 2.03. The average Bonchev–Trinajstić information content (AvgIpc) is 3.05. The van der Waals surface area contributed by atoms with Gasteiger partial charge in [-0.1, -0.05) is 48.5 Å². The zero-order chi connectivity index (χ0) is 17.4. The number of alkyl halides is 3. The van der Waals surface area contributed by atoms with Gasteiger partial charge in [0.2, 0.25) is 0 Å². The molecule has 0 spiro atoms. The minimum absolute atomic E-state index is 0.156. The first kappa shape index (κ1) is 15.4. The number of pyridine rings is 1. The summed E-state index contributed by atoms with van der Waals surface area (Å²) in [5.74, 6) is 0. The average molecular weight is 339 g/mol. The molecule has 0 fully saturated rings. The number of nitrogens with zero attached hydrogens (tertiary/aromatic N) is 3. The van der Waals surface area contributed by atoms with E-state index in [4.69, 9.17) is 0 Å². The van der Waals surface area contributed by atoms with Crippen molar-refractivity contribution in [1.29, 1.82) is 0 Å². The zero-order valence-electron chi connectivity index (χ0n) is 12.9. The summed E-state index contributed by atoms with van der Waals surface area (Å²) >= 11 is 0. The summed E-state index contributed by atoms with van der Waals surface area (Å²) in [5, 5.41) is 0. The third-order valence-corrected chi connectivity index (χ3v) is 3.91. The summed E-state index contributed by atoms with van der Waals surface area (Å²) in [6.07, 6.45) is -3.14. The fraction of sp³-hybridized carbons (Fsp3) is 0.0526. The van der Waals surface area contributed by atoms with Gasteiger partial charge in [-0.2, -0.15) is 13.2 Å². The Bertz CT molecular complexity index is 1020. The molecule has 0 saturated heterocycles. The second-order valence-electron chi connectivity index (χ2n) is 5.54. The van der Waals surface area contributed by atoms with Gasteiger partial charge in [-0.05, 0) is 18.2 Å². The van der Waals surface area contributed by atoms with Gasteiger partial charge < -0.3 is 0 Å². The van der Waals surface area contributed by atoms with Crippen LogP contribution in [0.1, 0.15) is 5.56 Å². The van der Waals surface area contributed by atoms with E-state index in [-0.39, 0.29) is 16.9 Å². The number of hydrogen-bond donors (Lipinski definition) is 0. The fourth-order valence-electron chi connectivity index (χ4n) is 2.74.